The van der Waals surface area contributed by atoms with Crippen LogP contribution in [0.3, 0.4) is 0 Å². The van der Waals surface area contributed by atoms with Crippen LogP contribution in [-0.2, 0) is 9.53 Å². The molecule has 2 N–H and O–H groups in total. The van der Waals surface area contributed by atoms with E-state index in [9.17, 15) is 9.59 Å². The van der Waals surface area contributed by atoms with Gasteiger partial charge in [0.15, 0.2) is 0 Å². The maximum Gasteiger partial charge on any atom is 0.407 e. The van der Waals surface area contributed by atoms with Crippen LogP contribution < -0.4 is 5.32 Å². The van der Waals surface area contributed by atoms with Gasteiger partial charge in [-0.3, -0.25) is 4.79 Å². The van der Waals surface area contributed by atoms with Gasteiger partial charge in [0, 0.05) is 25.0 Å². The molecule has 0 aliphatic carbocycles. The van der Waals surface area contributed by atoms with Crippen LogP contribution in [0, 0.1) is 5.92 Å². The third kappa shape index (κ3) is 4.91. The minimum absolute atomic E-state index is 0.0603. The van der Waals surface area contributed by atoms with Crippen LogP contribution in [0.4, 0.5) is 4.79 Å². The summed E-state index contributed by atoms with van der Waals surface area (Å²) in [4.78, 5) is 24.4. The standard InChI is InChI=1S/C12H22N2O4/c1-12(2,3)18-11(17)13-9-7-14(4)6-8(9)5-10(15)16/h8-9H,5-7H2,1-4H3,(H,13,17)(H,15,16)/t8-,9+/m0/s1. The second kappa shape index (κ2) is 5.56. The van der Waals surface area contributed by atoms with Crippen molar-refractivity contribution < 1.29 is 19.4 Å². The van der Waals surface area contributed by atoms with Crippen LogP contribution in [0.2, 0.25) is 0 Å². The number of likely N-dealkylation sites (tertiary alicyclic amines) is 1. The second-order valence-electron chi connectivity index (χ2n) is 5.83. The number of ether oxygens (including phenoxy) is 1. The number of aliphatic carboxylic acids is 1. The van der Waals surface area contributed by atoms with E-state index in [2.05, 4.69) is 5.32 Å². The molecule has 1 rings (SSSR count). The van der Waals surface area contributed by atoms with Crippen LogP contribution in [-0.4, -0.2) is 53.8 Å². The van der Waals surface area contributed by atoms with E-state index in [1.807, 2.05) is 11.9 Å². The Kier molecular flexibility index (Phi) is 4.56. The molecule has 6 nitrogen and oxygen atoms in total. The summed E-state index contributed by atoms with van der Waals surface area (Å²) in [6, 6.07) is -0.166. The minimum Gasteiger partial charge on any atom is -0.481 e. The smallest absolute Gasteiger partial charge is 0.407 e. The van der Waals surface area contributed by atoms with Crippen molar-refractivity contribution >= 4 is 12.1 Å². The lowest BCUT2D eigenvalue weighted by Crippen LogP contribution is -2.43. The first kappa shape index (κ1) is 14.8. The van der Waals surface area contributed by atoms with Gasteiger partial charge in [0.1, 0.15) is 5.60 Å². The monoisotopic (exact) mass is 258 g/mol. The molecular weight excluding hydrogens is 236 g/mol. The largest absolute Gasteiger partial charge is 0.481 e. The number of hydrogen-bond acceptors (Lipinski definition) is 4. The van der Waals surface area contributed by atoms with Gasteiger partial charge in [0.25, 0.3) is 0 Å². The maximum absolute atomic E-state index is 11.7. The van der Waals surface area contributed by atoms with Gasteiger partial charge in [-0.05, 0) is 27.8 Å². The molecule has 1 amide bonds. The van der Waals surface area contributed by atoms with Gasteiger partial charge >= 0.3 is 12.1 Å². The molecule has 1 saturated heterocycles. The summed E-state index contributed by atoms with van der Waals surface area (Å²) in [5.74, 6) is -0.911. The van der Waals surface area contributed by atoms with Crippen molar-refractivity contribution in [2.45, 2.75) is 38.8 Å². The fraction of sp³-hybridized carbons (Fsp3) is 0.833. The summed E-state index contributed by atoms with van der Waals surface area (Å²) in [6.45, 7) is 6.70. The summed E-state index contributed by atoms with van der Waals surface area (Å²) in [5, 5.41) is 11.6. The van der Waals surface area contributed by atoms with E-state index >= 15 is 0 Å². The van der Waals surface area contributed by atoms with Crippen LogP contribution in [0.5, 0.6) is 0 Å². The summed E-state index contributed by atoms with van der Waals surface area (Å²) >= 11 is 0. The number of carbonyl (C=O) groups is 2. The van der Waals surface area contributed by atoms with Crippen molar-refractivity contribution in [1.82, 2.24) is 10.2 Å². The average Bonchev–Trinajstić information content (AvgIpc) is 2.41. The molecule has 18 heavy (non-hydrogen) atoms. The Morgan fingerprint density at radius 1 is 1.39 bits per heavy atom. The predicted octanol–water partition coefficient (Wildman–Crippen LogP) is 0.916. The highest BCUT2D eigenvalue weighted by Crippen LogP contribution is 2.19. The van der Waals surface area contributed by atoms with E-state index in [0.717, 1.165) is 0 Å². The normalized spacial score (nSPS) is 24.9. The van der Waals surface area contributed by atoms with Gasteiger partial charge < -0.3 is 20.1 Å². The minimum atomic E-state index is -0.841. The fourth-order valence-electron chi connectivity index (χ4n) is 2.14. The summed E-state index contributed by atoms with van der Waals surface area (Å²) < 4.78 is 5.17. The van der Waals surface area contributed by atoms with Crippen molar-refractivity contribution in [3.8, 4) is 0 Å². The number of carbonyl (C=O) groups excluding carboxylic acids is 1. The molecule has 1 fully saturated rings. The number of carboxylic acid groups (broad SMARTS) is 1. The van der Waals surface area contributed by atoms with Gasteiger partial charge in [-0.25, -0.2) is 4.79 Å². The number of hydrogen-bond donors (Lipinski definition) is 2. The molecule has 0 radical (unpaired) electrons. The molecule has 1 aliphatic rings. The fourth-order valence-corrected chi connectivity index (χ4v) is 2.14. The van der Waals surface area contributed by atoms with Crippen LogP contribution in [0.15, 0.2) is 0 Å². The Hall–Kier alpha value is -1.30. The molecule has 0 bridgehead atoms. The molecule has 0 aromatic heterocycles. The highest BCUT2D eigenvalue weighted by molar-refractivity contribution is 5.69. The lowest BCUT2D eigenvalue weighted by Gasteiger charge is -2.23. The number of nitrogens with one attached hydrogen (secondary N) is 1. The highest BCUT2D eigenvalue weighted by atomic mass is 16.6. The number of alkyl carbamates (subject to hydrolysis) is 1. The Labute approximate surface area is 107 Å². The van der Waals surface area contributed by atoms with Gasteiger partial charge in [0.2, 0.25) is 0 Å². The Balaban J connectivity index is 2.53. The number of amides is 1. The average molecular weight is 258 g/mol. The van der Waals surface area contributed by atoms with E-state index in [1.165, 1.54) is 0 Å². The van der Waals surface area contributed by atoms with Crippen molar-refractivity contribution in [3.63, 3.8) is 0 Å². The van der Waals surface area contributed by atoms with Crippen molar-refractivity contribution in [3.05, 3.63) is 0 Å². The van der Waals surface area contributed by atoms with Gasteiger partial charge in [0.05, 0.1) is 6.42 Å². The number of rotatable bonds is 3. The third-order valence-electron chi connectivity index (χ3n) is 2.76. The first-order chi connectivity index (χ1) is 8.17. The molecule has 1 aliphatic heterocycles. The third-order valence-corrected chi connectivity index (χ3v) is 2.76. The Morgan fingerprint density at radius 3 is 2.50 bits per heavy atom. The maximum atomic E-state index is 11.7. The molecule has 6 heteroatoms. The predicted molar refractivity (Wildman–Crippen MR) is 66.4 cm³/mol. The van der Waals surface area contributed by atoms with E-state index in [4.69, 9.17) is 9.84 Å². The van der Waals surface area contributed by atoms with Crippen LogP contribution in [0.25, 0.3) is 0 Å². The molecule has 0 saturated carbocycles. The molecular formula is C12H22N2O4. The quantitative estimate of drug-likeness (QED) is 0.787. The van der Waals surface area contributed by atoms with Gasteiger partial charge in [-0.1, -0.05) is 0 Å². The van der Waals surface area contributed by atoms with Crippen molar-refractivity contribution in [2.75, 3.05) is 20.1 Å². The SMILES string of the molecule is CN1C[C@H](CC(=O)O)[C@H](NC(=O)OC(C)(C)C)C1. The molecule has 0 unspecified atom stereocenters. The zero-order valence-corrected chi connectivity index (χ0v) is 11.4. The second-order valence-corrected chi connectivity index (χ2v) is 5.83. The van der Waals surface area contributed by atoms with E-state index < -0.39 is 17.7 Å². The lowest BCUT2D eigenvalue weighted by atomic mass is 10.0. The Bertz CT molecular complexity index is 325. The molecule has 0 aromatic carbocycles. The number of nitrogens with zero attached hydrogens (tertiary/aromatic N) is 1. The molecule has 0 spiro atoms. The van der Waals surface area contributed by atoms with Crippen molar-refractivity contribution in [1.29, 1.82) is 0 Å². The van der Waals surface area contributed by atoms with Crippen LogP contribution >= 0.6 is 0 Å². The van der Waals surface area contributed by atoms with Gasteiger partial charge in [-0.2, -0.15) is 0 Å². The summed E-state index contributed by atoms with van der Waals surface area (Å²) in [7, 11) is 1.91. The highest BCUT2D eigenvalue weighted by Gasteiger charge is 2.34. The van der Waals surface area contributed by atoms with Crippen molar-refractivity contribution in [2.24, 2.45) is 5.92 Å². The lowest BCUT2D eigenvalue weighted by molar-refractivity contribution is -0.138. The topological polar surface area (TPSA) is 78.9 Å². The molecule has 1 heterocycles. The van der Waals surface area contributed by atoms with Crippen LogP contribution in [0.1, 0.15) is 27.2 Å². The zero-order valence-electron chi connectivity index (χ0n) is 11.4. The number of likely N-dealkylation sites (N-methyl/N-ethyl adjacent to an activating group) is 1. The summed E-state index contributed by atoms with van der Waals surface area (Å²) in [5.41, 5.74) is -0.545. The van der Waals surface area contributed by atoms with E-state index in [-0.39, 0.29) is 18.4 Å². The Morgan fingerprint density at radius 2 is 2.00 bits per heavy atom. The first-order valence-electron chi connectivity index (χ1n) is 6.07. The summed E-state index contributed by atoms with van der Waals surface area (Å²) in [6.07, 6.45) is -0.427. The first-order valence-corrected chi connectivity index (χ1v) is 6.07. The van der Waals surface area contributed by atoms with E-state index in [0.29, 0.717) is 13.1 Å². The number of carboxylic acids is 1. The van der Waals surface area contributed by atoms with Gasteiger partial charge in [-0.15, -0.1) is 0 Å². The van der Waals surface area contributed by atoms with E-state index in [1.54, 1.807) is 20.8 Å². The zero-order chi connectivity index (χ0) is 13.9. The molecule has 104 valence electrons. The molecule has 0 aromatic rings. The molecule has 2 atom stereocenters.